The maximum atomic E-state index is 12.2. The van der Waals surface area contributed by atoms with Gasteiger partial charge in [-0.3, -0.25) is 4.79 Å². The Balaban J connectivity index is 2.24. The summed E-state index contributed by atoms with van der Waals surface area (Å²) in [6.45, 7) is 1.86. The molecular weight excluding hydrogens is 276 g/mol. The Labute approximate surface area is 122 Å². The largest absolute Gasteiger partial charge is 0.495 e. The highest BCUT2D eigenvalue weighted by atomic mass is 35.5. The van der Waals surface area contributed by atoms with Gasteiger partial charge in [0, 0.05) is 11.4 Å². The van der Waals surface area contributed by atoms with Gasteiger partial charge in [0.1, 0.15) is 5.75 Å². The Morgan fingerprint density at radius 1 is 1.30 bits per heavy atom. The lowest BCUT2D eigenvalue weighted by molar-refractivity contribution is 0.102. The summed E-state index contributed by atoms with van der Waals surface area (Å²) in [6.07, 6.45) is 0. The zero-order valence-corrected chi connectivity index (χ0v) is 12.0. The van der Waals surface area contributed by atoms with Crippen LogP contribution in [0.15, 0.2) is 36.4 Å². The number of aryl methyl sites for hydroxylation is 1. The summed E-state index contributed by atoms with van der Waals surface area (Å²) >= 11 is 6.01. The molecule has 0 aliphatic carbocycles. The number of methoxy groups -OCH3 is 1. The molecule has 0 atom stereocenters. The summed E-state index contributed by atoms with van der Waals surface area (Å²) in [6, 6.07) is 10.4. The minimum Gasteiger partial charge on any atom is -0.495 e. The first-order chi connectivity index (χ1) is 9.52. The van der Waals surface area contributed by atoms with E-state index in [9.17, 15) is 4.79 Å². The fourth-order valence-corrected chi connectivity index (χ4v) is 2.08. The predicted octanol–water partition coefficient (Wildman–Crippen LogP) is 3.49. The second-order valence-electron chi connectivity index (χ2n) is 4.34. The van der Waals surface area contributed by atoms with Crippen LogP contribution in [0.4, 0.5) is 11.4 Å². The summed E-state index contributed by atoms with van der Waals surface area (Å²) in [4.78, 5) is 12.2. The number of halogens is 1. The number of nitrogens with two attached hydrogens (primary N) is 1. The number of rotatable bonds is 3. The first-order valence-electron chi connectivity index (χ1n) is 6.03. The monoisotopic (exact) mass is 290 g/mol. The van der Waals surface area contributed by atoms with Crippen LogP contribution in [0.25, 0.3) is 0 Å². The van der Waals surface area contributed by atoms with Crippen LogP contribution >= 0.6 is 11.6 Å². The number of nitrogen functional groups attached to an aromatic ring is 1. The number of carbonyl (C=O) groups is 1. The molecule has 0 aliphatic heterocycles. The molecule has 0 bridgehead atoms. The normalized spacial score (nSPS) is 10.2. The highest BCUT2D eigenvalue weighted by Gasteiger charge is 2.12. The molecule has 20 heavy (non-hydrogen) atoms. The van der Waals surface area contributed by atoms with Crippen molar-refractivity contribution in [1.82, 2.24) is 0 Å². The minimum atomic E-state index is -0.271. The maximum absolute atomic E-state index is 12.2. The SMILES string of the molecule is COc1ccc(NC(=O)c2cccc(C)c2N)cc1Cl. The van der Waals surface area contributed by atoms with Gasteiger partial charge in [0.15, 0.2) is 0 Å². The van der Waals surface area contributed by atoms with Crippen LogP contribution in [0.3, 0.4) is 0 Å². The third kappa shape index (κ3) is 2.86. The molecule has 104 valence electrons. The van der Waals surface area contributed by atoms with Gasteiger partial charge in [0.2, 0.25) is 0 Å². The quantitative estimate of drug-likeness (QED) is 0.851. The highest BCUT2D eigenvalue weighted by molar-refractivity contribution is 6.32. The van der Waals surface area contributed by atoms with Crippen LogP contribution in [0.5, 0.6) is 5.75 Å². The van der Waals surface area contributed by atoms with E-state index in [0.29, 0.717) is 27.7 Å². The topological polar surface area (TPSA) is 64.3 Å². The van der Waals surface area contributed by atoms with Gasteiger partial charge in [-0.2, -0.15) is 0 Å². The van der Waals surface area contributed by atoms with Crippen molar-refractivity contribution in [2.45, 2.75) is 6.92 Å². The molecule has 0 fully saturated rings. The van der Waals surface area contributed by atoms with Gasteiger partial charge in [0.05, 0.1) is 17.7 Å². The van der Waals surface area contributed by atoms with Crippen LogP contribution in [0.2, 0.25) is 5.02 Å². The summed E-state index contributed by atoms with van der Waals surface area (Å²) in [5.74, 6) is 0.284. The molecule has 0 radical (unpaired) electrons. The van der Waals surface area contributed by atoms with Crippen LogP contribution in [-0.2, 0) is 0 Å². The first kappa shape index (κ1) is 14.2. The zero-order chi connectivity index (χ0) is 14.7. The average Bonchev–Trinajstić information content (AvgIpc) is 2.42. The van der Waals surface area contributed by atoms with Crippen molar-refractivity contribution < 1.29 is 9.53 Å². The minimum absolute atomic E-state index is 0.271. The number of nitrogens with one attached hydrogen (secondary N) is 1. The Hall–Kier alpha value is -2.20. The van der Waals surface area contributed by atoms with Crippen LogP contribution in [0, 0.1) is 6.92 Å². The number of anilines is 2. The Bertz CT molecular complexity index is 656. The van der Waals surface area contributed by atoms with E-state index in [1.165, 1.54) is 7.11 Å². The number of carbonyl (C=O) groups excluding carboxylic acids is 1. The second-order valence-corrected chi connectivity index (χ2v) is 4.75. The number of ether oxygens (including phenoxy) is 1. The molecule has 0 aromatic heterocycles. The van der Waals surface area contributed by atoms with Gasteiger partial charge in [0.25, 0.3) is 5.91 Å². The standard InChI is InChI=1S/C15H15ClN2O2/c1-9-4-3-5-11(14(9)17)15(19)18-10-6-7-13(20-2)12(16)8-10/h3-8H,17H2,1-2H3,(H,18,19). The van der Waals surface area contributed by atoms with Gasteiger partial charge >= 0.3 is 0 Å². The number of hydrogen-bond acceptors (Lipinski definition) is 3. The zero-order valence-electron chi connectivity index (χ0n) is 11.2. The third-order valence-electron chi connectivity index (χ3n) is 2.98. The fraction of sp³-hybridized carbons (Fsp3) is 0.133. The molecule has 0 aliphatic rings. The van der Waals surface area contributed by atoms with Gasteiger partial charge in [-0.25, -0.2) is 0 Å². The number of benzene rings is 2. The lowest BCUT2D eigenvalue weighted by Gasteiger charge is -2.10. The van der Waals surface area contributed by atoms with Gasteiger partial charge in [-0.05, 0) is 36.8 Å². The molecule has 0 spiro atoms. The second kappa shape index (κ2) is 5.84. The molecule has 1 amide bonds. The van der Waals surface area contributed by atoms with E-state index in [4.69, 9.17) is 22.1 Å². The van der Waals surface area contributed by atoms with Crippen molar-refractivity contribution >= 4 is 28.9 Å². The third-order valence-corrected chi connectivity index (χ3v) is 3.27. The number of hydrogen-bond donors (Lipinski definition) is 2. The van der Waals surface area contributed by atoms with E-state index in [1.54, 1.807) is 30.3 Å². The molecule has 0 heterocycles. The summed E-state index contributed by atoms with van der Waals surface area (Å²) in [5.41, 5.74) is 8.27. The van der Waals surface area contributed by atoms with Crippen molar-refractivity contribution in [3.05, 3.63) is 52.5 Å². The molecule has 2 aromatic rings. The Kier molecular flexibility index (Phi) is 4.15. The highest BCUT2D eigenvalue weighted by Crippen LogP contribution is 2.27. The van der Waals surface area contributed by atoms with E-state index < -0.39 is 0 Å². The van der Waals surface area contributed by atoms with Crippen molar-refractivity contribution in [3.8, 4) is 5.75 Å². The van der Waals surface area contributed by atoms with E-state index in [1.807, 2.05) is 13.0 Å². The summed E-state index contributed by atoms with van der Waals surface area (Å²) in [7, 11) is 1.53. The summed E-state index contributed by atoms with van der Waals surface area (Å²) < 4.78 is 5.06. The van der Waals surface area contributed by atoms with Crippen LogP contribution in [-0.4, -0.2) is 13.0 Å². The molecular formula is C15H15ClN2O2. The van der Waals surface area contributed by atoms with Gasteiger partial charge in [-0.15, -0.1) is 0 Å². The number of para-hydroxylation sites is 1. The predicted molar refractivity (Wildman–Crippen MR) is 81.5 cm³/mol. The van der Waals surface area contributed by atoms with Gasteiger partial charge < -0.3 is 15.8 Å². The molecule has 3 N–H and O–H groups in total. The molecule has 2 rings (SSSR count). The van der Waals surface area contributed by atoms with Crippen molar-refractivity contribution in [1.29, 1.82) is 0 Å². The molecule has 5 heteroatoms. The lowest BCUT2D eigenvalue weighted by Crippen LogP contribution is -2.14. The smallest absolute Gasteiger partial charge is 0.257 e. The fourth-order valence-electron chi connectivity index (χ4n) is 1.82. The van der Waals surface area contributed by atoms with E-state index in [0.717, 1.165) is 5.56 Å². The van der Waals surface area contributed by atoms with E-state index in [-0.39, 0.29) is 5.91 Å². The maximum Gasteiger partial charge on any atom is 0.257 e. The van der Waals surface area contributed by atoms with Crippen molar-refractivity contribution in [2.24, 2.45) is 0 Å². The summed E-state index contributed by atoms with van der Waals surface area (Å²) in [5, 5.41) is 3.19. The van der Waals surface area contributed by atoms with E-state index in [2.05, 4.69) is 5.32 Å². The van der Waals surface area contributed by atoms with Gasteiger partial charge in [-0.1, -0.05) is 23.7 Å². The number of amides is 1. The molecule has 2 aromatic carbocycles. The van der Waals surface area contributed by atoms with Crippen molar-refractivity contribution in [3.63, 3.8) is 0 Å². The van der Waals surface area contributed by atoms with Crippen LogP contribution < -0.4 is 15.8 Å². The van der Waals surface area contributed by atoms with Crippen LogP contribution in [0.1, 0.15) is 15.9 Å². The molecule has 0 saturated carbocycles. The Morgan fingerprint density at radius 3 is 2.70 bits per heavy atom. The average molecular weight is 291 g/mol. The molecule has 4 nitrogen and oxygen atoms in total. The van der Waals surface area contributed by atoms with E-state index >= 15 is 0 Å². The lowest BCUT2D eigenvalue weighted by atomic mass is 10.1. The first-order valence-corrected chi connectivity index (χ1v) is 6.40. The van der Waals surface area contributed by atoms with Crippen molar-refractivity contribution in [2.75, 3.05) is 18.2 Å². The Morgan fingerprint density at radius 2 is 2.05 bits per heavy atom. The molecule has 0 saturated heterocycles. The molecule has 0 unspecified atom stereocenters.